The van der Waals surface area contributed by atoms with Gasteiger partial charge >= 0.3 is 0 Å². The van der Waals surface area contributed by atoms with Crippen LogP contribution in [0.4, 0.5) is 14.5 Å². The third kappa shape index (κ3) is 6.73. The maximum atomic E-state index is 13.3. The second-order valence-corrected chi connectivity index (χ2v) is 5.53. The van der Waals surface area contributed by atoms with Gasteiger partial charge in [-0.1, -0.05) is 0 Å². The van der Waals surface area contributed by atoms with Gasteiger partial charge in [-0.2, -0.15) is 0 Å². The molecule has 128 valence electrons. The van der Waals surface area contributed by atoms with E-state index in [0.717, 1.165) is 25.1 Å². The molecular weight excluding hydrogens is 304 g/mol. The van der Waals surface area contributed by atoms with Gasteiger partial charge in [0.2, 0.25) is 11.8 Å². The first-order valence-electron chi connectivity index (χ1n) is 7.46. The van der Waals surface area contributed by atoms with Crippen LogP contribution in [-0.2, 0) is 9.59 Å². The van der Waals surface area contributed by atoms with Gasteiger partial charge < -0.3 is 15.1 Å². The highest BCUT2D eigenvalue weighted by atomic mass is 19.2. The molecule has 2 amide bonds. The van der Waals surface area contributed by atoms with Crippen molar-refractivity contribution in [1.29, 1.82) is 0 Å². The predicted octanol–water partition coefficient (Wildman–Crippen LogP) is 1.78. The normalized spacial score (nSPS) is 10.7. The molecule has 1 N–H and O–H groups in total. The van der Waals surface area contributed by atoms with Crippen LogP contribution in [0.1, 0.15) is 19.8 Å². The summed E-state index contributed by atoms with van der Waals surface area (Å²) in [5, 5.41) is 2.77. The number of carbonyl (C=O) groups excluding carboxylic acids is 2. The van der Waals surface area contributed by atoms with Crippen molar-refractivity contribution < 1.29 is 18.4 Å². The summed E-state index contributed by atoms with van der Waals surface area (Å²) in [5.41, 5.74) is 0.233. The molecule has 23 heavy (non-hydrogen) atoms. The fourth-order valence-electron chi connectivity index (χ4n) is 2.05. The maximum Gasteiger partial charge on any atom is 0.223 e. The maximum absolute atomic E-state index is 13.3. The average Bonchev–Trinajstić information content (AvgIpc) is 2.47. The Hall–Kier alpha value is -2.02. The molecule has 0 fully saturated rings. The highest BCUT2D eigenvalue weighted by molar-refractivity contribution is 5.92. The van der Waals surface area contributed by atoms with Crippen LogP contribution in [0.5, 0.6) is 0 Å². The minimum Gasteiger partial charge on any atom is -0.356 e. The van der Waals surface area contributed by atoms with Crippen molar-refractivity contribution in [2.24, 2.45) is 0 Å². The van der Waals surface area contributed by atoms with E-state index in [-0.39, 0.29) is 30.5 Å². The number of carbonyl (C=O) groups is 2. The van der Waals surface area contributed by atoms with Crippen molar-refractivity contribution in [3.63, 3.8) is 0 Å². The molecule has 0 aliphatic rings. The van der Waals surface area contributed by atoms with E-state index in [0.29, 0.717) is 6.54 Å². The van der Waals surface area contributed by atoms with Gasteiger partial charge in [0.1, 0.15) is 0 Å². The molecule has 0 bridgehead atoms. The summed E-state index contributed by atoms with van der Waals surface area (Å²) < 4.78 is 26.2. The van der Waals surface area contributed by atoms with Gasteiger partial charge in [-0.05, 0) is 39.2 Å². The quantitative estimate of drug-likeness (QED) is 0.741. The second-order valence-electron chi connectivity index (χ2n) is 5.53. The molecule has 7 heteroatoms. The van der Waals surface area contributed by atoms with Crippen LogP contribution < -0.4 is 10.2 Å². The largest absolute Gasteiger partial charge is 0.356 e. The number of nitrogens with one attached hydrogen (secondary N) is 1. The summed E-state index contributed by atoms with van der Waals surface area (Å²) in [7, 11) is 3.91. The van der Waals surface area contributed by atoms with E-state index in [4.69, 9.17) is 0 Å². The zero-order valence-corrected chi connectivity index (χ0v) is 13.7. The zero-order chi connectivity index (χ0) is 17.4. The van der Waals surface area contributed by atoms with Gasteiger partial charge in [0, 0.05) is 38.2 Å². The van der Waals surface area contributed by atoms with Crippen molar-refractivity contribution in [2.45, 2.75) is 19.8 Å². The van der Waals surface area contributed by atoms with E-state index in [2.05, 4.69) is 5.32 Å². The number of amides is 2. The molecule has 0 atom stereocenters. The Morgan fingerprint density at radius 2 is 1.83 bits per heavy atom. The van der Waals surface area contributed by atoms with E-state index in [1.807, 2.05) is 19.0 Å². The third-order valence-corrected chi connectivity index (χ3v) is 3.26. The molecule has 0 saturated carbocycles. The van der Waals surface area contributed by atoms with Gasteiger partial charge in [0.05, 0.1) is 0 Å². The highest BCUT2D eigenvalue weighted by Gasteiger charge is 2.15. The molecule has 0 aliphatic heterocycles. The lowest BCUT2D eigenvalue weighted by atomic mass is 10.2. The summed E-state index contributed by atoms with van der Waals surface area (Å²) in [6.45, 7) is 2.85. The molecule has 0 spiro atoms. The lowest BCUT2D eigenvalue weighted by Crippen LogP contribution is -2.34. The Morgan fingerprint density at radius 1 is 1.13 bits per heavy atom. The molecular formula is C16H23F2N3O2. The SMILES string of the molecule is CC(=O)N(CCC(=O)NCCCN(C)C)c1ccc(F)c(F)c1. The smallest absolute Gasteiger partial charge is 0.223 e. The summed E-state index contributed by atoms with van der Waals surface area (Å²) >= 11 is 0. The van der Waals surface area contributed by atoms with Crippen LogP contribution in [0.15, 0.2) is 18.2 Å². The Labute approximate surface area is 135 Å². The number of nitrogens with zero attached hydrogens (tertiary/aromatic N) is 2. The highest BCUT2D eigenvalue weighted by Crippen LogP contribution is 2.18. The van der Waals surface area contributed by atoms with E-state index < -0.39 is 11.6 Å². The molecule has 1 aromatic rings. The number of hydrogen-bond donors (Lipinski definition) is 1. The topological polar surface area (TPSA) is 52.7 Å². The van der Waals surface area contributed by atoms with Crippen molar-refractivity contribution in [3.8, 4) is 0 Å². The number of hydrogen-bond acceptors (Lipinski definition) is 3. The van der Waals surface area contributed by atoms with Crippen LogP contribution >= 0.6 is 0 Å². The Kier molecular flexibility index (Phi) is 7.61. The average molecular weight is 327 g/mol. The zero-order valence-electron chi connectivity index (χ0n) is 13.7. The summed E-state index contributed by atoms with van der Waals surface area (Å²) in [6.07, 6.45) is 0.929. The first kappa shape index (κ1) is 19.0. The molecule has 0 saturated heterocycles. The Balaban J connectivity index is 2.52. The molecule has 1 aromatic carbocycles. The first-order valence-corrected chi connectivity index (χ1v) is 7.46. The van der Waals surface area contributed by atoms with Crippen molar-refractivity contribution in [2.75, 3.05) is 38.6 Å². The van der Waals surface area contributed by atoms with E-state index in [9.17, 15) is 18.4 Å². The molecule has 0 heterocycles. The number of benzene rings is 1. The Morgan fingerprint density at radius 3 is 2.39 bits per heavy atom. The van der Waals surface area contributed by atoms with E-state index in [1.54, 1.807) is 0 Å². The van der Waals surface area contributed by atoms with Gasteiger partial charge in [-0.25, -0.2) is 8.78 Å². The fourth-order valence-corrected chi connectivity index (χ4v) is 2.05. The minimum atomic E-state index is -1.03. The van der Waals surface area contributed by atoms with Crippen LogP contribution in [-0.4, -0.2) is 50.4 Å². The standard InChI is InChI=1S/C16H23F2N3O2/c1-12(22)21(13-5-6-14(17)15(18)11-13)10-7-16(23)19-8-4-9-20(2)3/h5-6,11H,4,7-10H2,1-3H3,(H,19,23). The van der Waals surface area contributed by atoms with Crippen LogP contribution in [0.25, 0.3) is 0 Å². The lowest BCUT2D eigenvalue weighted by Gasteiger charge is -2.21. The van der Waals surface area contributed by atoms with Crippen LogP contribution in [0.2, 0.25) is 0 Å². The Bertz CT molecular complexity index is 550. The molecule has 5 nitrogen and oxygen atoms in total. The van der Waals surface area contributed by atoms with Crippen molar-refractivity contribution in [3.05, 3.63) is 29.8 Å². The monoisotopic (exact) mass is 327 g/mol. The summed E-state index contributed by atoms with van der Waals surface area (Å²) in [6, 6.07) is 3.22. The molecule has 1 rings (SSSR count). The second kappa shape index (κ2) is 9.19. The van der Waals surface area contributed by atoms with Gasteiger partial charge in [-0.3, -0.25) is 9.59 Å². The summed E-state index contributed by atoms with van der Waals surface area (Å²) in [4.78, 5) is 26.7. The molecule has 0 aromatic heterocycles. The summed E-state index contributed by atoms with van der Waals surface area (Å²) in [5.74, 6) is -2.52. The predicted molar refractivity (Wildman–Crippen MR) is 85.2 cm³/mol. The van der Waals surface area contributed by atoms with E-state index in [1.165, 1.54) is 17.9 Å². The number of rotatable bonds is 8. The van der Waals surface area contributed by atoms with Crippen LogP contribution in [0, 0.1) is 11.6 Å². The third-order valence-electron chi connectivity index (χ3n) is 3.26. The molecule has 0 radical (unpaired) electrons. The molecule has 0 unspecified atom stereocenters. The van der Waals surface area contributed by atoms with Crippen LogP contribution in [0.3, 0.4) is 0 Å². The van der Waals surface area contributed by atoms with Gasteiger partial charge in [0.25, 0.3) is 0 Å². The number of anilines is 1. The molecule has 0 aliphatic carbocycles. The van der Waals surface area contributed by atoms with Crippen molar-refractivity contribution in [1.82, 2.24) is 10.2 Å². The van der Waals surface area contributed by atoms with Crippen molar-refractivity contribution >= 4 is 17.5 Å². The first-order chi connectivity index (χ1) is 10.8. The number of halogens is 2. The fraction of sp³-hybridized carbons (Fsp3) is 0.500. The minimum absolute atomic E-state index is 0.0978. The van der Waals surface area contributed by atoms with Gasteiger partial charge in [-0.15, -0.1) is 0 Å². The van der Waals surface area contributed by atoms with Gasteiger partial charge in [0.15, 0.2) is 11.6 Å². The van der Waals surface area contributed by atoms with E-state index >= 15 is 0 Å². The lowest BCUT2D eigenvalue weighted by molar-refractivity contribution is -0.121.